The van der Waals surface area contributed by atoms with Crippen molar-refractivity contribution in [3.8, 4) is 23.8 Å². The lowest BCUT2D eigenvalue weighted by Crippen LogP contribution is -2.29. The van der Waals surface area contributed by atoms with Crippen molar-refractivity contribution in [2.24, 2.45) is 5.92 Å². The number of rotatable bonds is 10. The Hall–Kier alpha value is -3.36. The third-order valence-corrected chi connectivity index (χ3v) is 4.35. The van der Waals surface area contributed by atoms with Crippen molar-refractivity contribution in [2.75, 3.05) is 24.3 Å². The molecule has 0 aliphatic rings. The number of nitrogens with two attached hydrogens (primary N) is 1. The van der Waals surface area contributed by atoms with E-state index < -0.39 is 0 Å². The number of hydrogen-bond acceptors (Lipinski definition) is 5. The van der Waals surface area contributed by atoms with Crippen molar-refractivity contribution in [1.82, 2.24) is 0 Å². The number of terminal acetylenes is 1. The highest BCUT2D eigenvalue weighted by molar-refractivity contribution is 5.49. The first kappa shape index (κ1) is 22.9. The van der Waals surface area contributed by atoms with Crippen LogP contribution >= 0.6 is 0 Å². The lowest BCUT2D eigenvalue weighted by atomic mass is 10.0. The second-order valence-corrected chi connectivity index (χ2v) is 7.11. The summed E-state index contributed by atoms with van der Waals surface area (Å²) in [6.45, 7) is 6.21. The smallest absolute Gasteiger partial charge is 0.173 e. The van der Waals surface area contributed by atoms with Crippen LogP contribution in [0.5, 0.6) is 11.5 Å². The fourth-order valence-corrected chi connectivity index (χ4v) is 2.77. The van der Waals surface area contributed by atoms with Crippen molar-refractivity contribution >= 4 is 11.4 Å². The Morgan fingerprint density at radius 3 is 2.23 bits per heavy atom. The summed E-state index contributed by atoms with van der Waals surface area (Å²) in [5, 5.41) is 13.0. The van der Waals surface area contributed by atoms with Gasteiger partial charge in [-0.05, 0) is 67.3 Å². The molecule has 5 nitrogen and oxygen atoms in total. The molecule has 0 saturated carbocycles. The van der Waals surface area contributed by atoms with Gasteiger partial charge in [0.2, 0.25) is 0 Å². The molecule has 1 unspecified atom stereocenters. The summed E-state index contributed by atoms with van der Waals surface area (Å²) in [6.07, 6.45) is 9.54. The quantitative estimate of drug-likeness (QED) is 0.225. The van der Waals surface area contributed by atoms with E-state index in [1.807, 2.05) is 55.5 Å². The van der Waals surface area contributed by atoms with E-state index in [-0.39, 0.29) is 25.2 Å². The average Bonchev–Trinajstić information content (AvgIpc) is 2.75. The van der Waals surface area contributed by atoms with Gasteiger partial charge in [0.15, 0.2) is 5.76 Å². The zero-order chi connectivity index (χ0) is 21.9. The van der Waals surface area contributed by atoms with Crippen LogP contribution in [0.3, 0.4) is 0 Å². The molecule has 158 valence electrons. The molecule has 5 heteroatoms. The summed E-state index contributed by atoms with van der Waals surface area (Å²) < 4.78 is 11.6. The van der Waals surface area contributed by atoms with Crippen LogP contribution in [0.4, 0.5) is 11.4 Å². The van der Waals surface area contributed by atoms with Crippen molar-refractivity contribution < 1.29 is 14.6 Å². The lowest BCUT2D eigenvalue weighted by molar-refractivity contribution is 0.169. The number of nitrogen functional groups attached to an aromatic ring is 1. The van der Waals surface area contributed by atoms with Gasteiger partial charge in [-0.25, -0.2) is 0 Å². The molecule has 0 aromatic heterocycles. The summed E-state index contributed by atoms with van der Waals surface area (Å²) in [6, 6.07) is 14.4. The predicted octanol–water partition coefficient (Wildman–Crippen LogP) is 4.97. The highest BCUT2D eigenvalue weighted by atomic mass is 16.5. The fraction of sp³-hybridized carbons (Fsp3) is 0.280. The van der Waals surface area contributed by atoms with E-state index in [2.05, 4.69) is 25.1 Å². The van der Waals surface area contributed by atoms with Gasteiger partial charge in [-0.1, -0.05) is 26.0 Å². The molecule has 0 aliphatic carbocycles. The Balaban J connectivity index is 1.99. The van der Waals surface area contributed by atoms with Gasteiger partial charge in [0, 0.05) is 16.9 Å². The number of aliphatic hydroxyl groups is 1. The number of aliphatic hydroxyl groups excluding tert-OH is 1. The van der Waals surface area contributed by atoms with Crippen molar-refractivity contribution in [1.29, 1.82) is 0 Å². The van der Waals surface area contributed by atoms with Crippen LogP contribution in [0.25, 0.3) is 0 Å². The topological polar surface area (TPSA) is 76.7 Å². The maximum absolute atomic E-state index is 9.74. The molecule has 0 heterocycles. The molecular formula is C25H30N2O3. The third-order valence-electron chi connectivity index (χ3n) is 4.35. The van der Waals surface area contributed by atoms with E-state index in [0.717, 1.165) is 11.3 Å². The van der Waals surface area contributed by atoms with Crippen molar-refractivity contribution in [3.05, 3.63) is 72.0 Å². The van der Waals surface area contributed by atoms with Crippen LogP contribution in [-0.2, 0) is 4.74 Å². The summed E-state index contributed by atoms with van der Waals surface area (Å²) >= 11 is 0. The van der Waals surface area contributed by atoms with Gasteiger partial charge in [0.25, 0.3) is 0 Å². The molecule has 2 aromatic carbocycles. The van der Waals surface area contributed by atoms with Gasteiger partial charge in [-0.2, -0.15) is 0 Å². The molecule has 0 fully saturated rings. The first-order chi connectivity index (χ1) is 14.5. The van der Waals surface area contributed by atoms with E-state index in [0.29, 0.717) is 22.9 Å². The maximum atomic E-state index is 9.74. The molecule has 0 amide bonds. The van der Waals surface area contributed by atoms with E-state index >= 15 is 0 Å². The lowest BCUT2D eigenvalue weighted by Gasteiger charge is -2.20. The Morgan fingerprint density at radius 2 is 1.73 bits per heavy atom. The van der Waals surface area contributed by atoms with Crippen LogP contribution in [0.1, 0.15) is 20.8 Å². The summed E-state index contributed by atoms with van der Waals surface area (Å²) in [7, 11) is 0. The third kappa shape index (κ3) is 6.91. The molecule has 2 rings (SSSR count). The SMILES string of the molecule is C#C/C(OCC(CO)Nc1ccc(Oc2ccc(N)cc2)cc1)=C(\C=C/C)C(C)C. The van der Waals surface area contributed by atoms with Crippen molar-refractivity contribution in [3.63, 3.8) is 0 Å². The molecule has 30 heavy (non-hydrogen) atoms. The number of hydrogen-bond donors (Lipinski definition) is 3. The molecule has 1 atom stereocenters. The molecule has 0 spiro atoms. The zero-order valence-electron chi connectivity index (χ0n) is 17.8. The second-order valence-electron chi connectivity index (χ2n) is 7.11. The molecule has 0 radical (unpaired) electrons. The fourth-order valence-electron chi connectivity index (χ4n) is 2.77. The largest absolute Gasteiger partial charge is 0.483 e. The monoisotopic (exact) mass is 406 g/mol. The molecule has 4 N–H and O–H groups in total. The minimum Gasteiger partial charge on any atom is -0.483 e. The van der Waals surface area contributed by atoms with Crippen LogP contribution in [0.2, 0.25) is 0 Å². The number of benzene rings is 2. The Labute approximate surface area is 179 Å². The minimum absolute atomic E-state index is 0.0951. The number of nitrogens with one attached hydrogen (secondary N) is 1. The normalized spacial score (nSPS) is 12.9. The summed E-state index contributed by atoms with van der Waals surface area (Å²) in [4.78, 5) is 0. The van der Waals surface area contributed by atoms with Gasteiger partial charge >= 0.3 is 0 Å². The van der Waals surface area contributed by atoms with E-state index in [1.165, 1.54) is 0 Å². The van der Waals surface area contributed by atoms with E-state index in [9.17, 15) is 5.11 Å². The Morgan fingerprint density at radius 1 is 1.13 bits per heavy atom. The molecule has 2 aromatic rings. The first-order valence-corrected chi connectivity index (χ1v) is 9.94. The van der Waals surface area contributed by atoms with Gasteiger partial charge in [-0.15, -0.1) is 6.42 Å². The summed E-state index contributed by atoms with van der Waals surface area (Å²) in [5.41, 5.74) is 8.17. The van der Waals surface area contributed by atoms with Crippen LogP contribution in [-0.4, -0.2) is 24.4 Å². The number of allylic oxidation sites excluding steroid dienone is 4. The average molecular weight is 407 g/mol. The summed E-state index contributed by atoms with van der Waals surface area (Å²) in [5.74, 6) is 4.76. The minimum atomic E-state index is -0.309. The van der Waals surface area contributed by atoms with Crippen molar-refractivity contribution in [2.45, 2.75) is 26.8 Å². The Kier molecular flexibility index (Phi) is 8.86. The van der Waals surface area contributed by atoms with Gasteiger partial charge in [0.05, 0.1) is 12.6 Å². The maximum Gasteiger partial charge on any atom is 0.173 e. The predicted molar refractivity (Wildman–Crippen MR) is 123 cm³/mol. The number of anilines is 2. The van der Waals surface area contributed by atoms with Gasteiger partial charge < -0.3 is 25.6 Å². The highest BCUT2D eigenvalue weighted by Gasteiger charge is 2.12. The molecule has 0 bridgehead atoms. The highest BCUT2D eigenvalue weighted by Crippen LogP contribution is 2.24. The molecular weight excluding hydrogens is 376 g/mol. The van der Waals surface area contributed by atoms with E-state index in [4.69, 9.17) is 21.6 Å². The van der Waals surface area contributed by atoms with E-state index in [1.54, 1.807) is 12.1 Å². The van der Waals surface area contributed by atoms with Gasteiger partial charge in [0.1, 0.15) is 18.1 Å². The van der Waals surface area contributed by atoms with Crippen LogP contribution < -0.4 is 15.8 Å². The first-order valence-electron chi connectivity index (χ1n) is 9.94. The molecule has 0 saturated heterocycles. The standard InChI is InChI=1S/C25H30N2O3/c1-5-7-24(18(3)4)25(6-2)29-17-21(16-28)27-20-10-14-23(15-11-20)30-22-12-8-19(26)9-13-22/h2,5,7-15,18,21,27-28H,16-17,26H2,1,3-4H3/b7-5-,25-24-. The Bertz CT molecular complexity index is 891. The van der Waals surface area contributed by atoms with Gasteiger partial charge in [-0.3, -0.25) is 0 Å². The zero-order valence-corrected chi connectivity index (χ0v) is 17.8. The second kappa shape index (κ2) is 11.6. The molecule has 0 aliphatic heterocycles. The number of ether oxygens (including phenoxy) is 2. The van der Waals surface area contributed by atoms with Crippen LogP contribution in [0.15, 0.2) is 72.0 Å². The van der Waals surface area contributed by atoms with Crippen LogP contribution in [0, 0.1) is 18.3 Å².